The Hall–Kier alpha value is -1.10. The number of carboxylic acids is 1. The lowest BCUT2D eigenvalue weighted by molar-refractivity contribution is -0.137. The second-order valence-corrected chi connectivity index (χ2v) is 6.19. The Kier molecular flexibility index (Phi) is 5.35. The van der Waals surface area contributed by atoms with Crippen molar-refractivity contribution >= 4 is 11.9 Å². The van der Waals surface area contributed by atoms with Gasteiger partial charge in [-0.3, -0.25) is 9.59 Å². The monoisotopic (exact) mass is 270 g/mol. The van der Waals surface area contributed by atoms with Crippen molar-refractivity contribution in [2.45, 2.75) is 52.5 Å². The van der Waals surface area contributed by atoms with Crippen LogP contribution in [0.2, 0.25) is 0 Å². The van der Waals surface area contributed by atoms with Gasteiger partial charge in [-0.15, -0.1) is 0 Å². The summed E-state index contributed by atoms with van der Waals surface area (Å²) in [5, 5.41) is 11.4. The van der Waals surface area contributed by atoms with Gasteiger partial charge in [-0.05, 0) is 30.6 Å². The first-order valence-corrected chi connectivity index (χ1v) is 7.02. The number of carbonyl (C=O) groups is 2. The van der Waals surface area contributed by atoms with Crippen molar-refractivity contribution < 1.29 is 14.7 Å². The Morgan fingerprint density at radius 3 is 2.58 bits per heavy atom. The lowest BCUT2D eigenvalue weighted by Gasteiger charge is -2.46. The Bertz CT molecular complexity index is 342. The molecule has 0 spiro atoms. The molecule has 1 rings (SSSR count). The van der Waals surface area contributed by atoms with Crippen LogP contribution in [-0.4, -0.2) is 29.6 Å². The Labute approximate surface area is 114 Å². The second-order valence-electron chi connectivity index (χ2n) is 6.19. The molecule has 0 aromatic heterocycles. The standard InChI is InChI=1S/C14H26N2O3/c1-9-11(15)7-6-10(14(9,2)3)13(19)16-8-4-5-12(17)18/h9-11H,4-8,15H2,1-3H3,(H,16,19)(H,17,18). The molecule has 0 aromatic carbocycles. The van der Waals surface area contributed by atoms with E-state index in [-0.39, 0.29) is 29.7 Å². The van der Waals surface area contributed by atoms with Gasteiger partial charge in [-0.25, -0.2) is 0 Å². The van der Waals surface area contributed by atoms with Crippen LogP contribution in [0, 0.1) is 17.3 Å². The number of amides is 1. The maximum atomic E-state index is 12.2. The zero-order chi connectivity index (χ0) is 14.6. The number of hydrogen-bond acceptors (Lipinski definition) is 3. The van der Waals surface area contributed by atoms with Crippen LogP contribution in [0.1, 0.15) is 46.5 Å². The van der Waals surface area contributed by atoms with Crippen LogP contribution in [0.25, 0.3) is 0 Å². The summed E-state index contributed by atoms with van der Waals surface area (Å²) in [5.74, 6) is -0.524. The van der Waals surface area contributed by atoms with E-state index in [2.05, 4.69) is 26.1 Å². The first kappa shape index (κ1) is 16.0. The molecular weight excluding hydrogens is 244 g/mol. The average Bonchev–Trinajstić information content (AvgIpc) is 2.31. The molecule has 1 saturated carbocycles. The molecule has 5 nitrogen and oxygen atoms in total. The van der Waals surface area contributed by atoms with E-state index in [0.29, 0.717) is 18.9 Å². The Morgan fingerprint density at radius 2 is 2.00 bits per heavy atom. The number of aliphatic carboxylic acids is 1. The fourth-order valence-corrected chi connectivity index (χ4v) is 2.89. The predicted molar refractivity (Wildman–Crippen MR) is 73.5 cm³/mol. The highest BCUT2D eigenvalue weighted by Crippen LogP contribution is 2.44. The van der Waals surface area contributed by atoms with Crippen molar-refractivity contribution in [1.29, 1.82) is 0 Å². The van der Waals surface area contributed by atoms with E-state index in [9.17, 15) is 9.59 Å². The highest BCUT2D eigenvalue weighted by atomic mass is 16.4. The molecule has 0 heterocycles. The van der Waals surface area contributed by atoms with Crippen LogP contribution in [0.3, 0.4) is 0 Å². The minimum Gasteiger partial charge on any atom is -0.481 e. The molecule has 1 fully saturated rings. The highest BCUT2D eigenvalue weighted by molar-refractivity contribution is 5.79. The molecule has 110 valence electrons. The van der Waals surface area contributed by atoms with Crippen molar-refractivity contribution in [3.8, 4) is 0 Å². The lowest BCUT2D eigenvalue weighted by Crippen LogP contribution is -2.51. The number of rotatable bonds is 5. The summed E-state index contributed by atoms with van der Waals surface area (Å²) in [6.07, 6.45) is 2.25. The smallest absolute Gasteiger partial charge is 0.303 e. The fourth-order valence-electron chi connectivity index (χ4n) is 2.89. The van der Waals surface area contributed by atoms with Crippen molar-refractivity contribution in [3.05, 3.63) is 0 Å². The van der Waals surface area contributed by atoms with Crippen LogP contribution >= 0.6 is 0 Å². The quantitative estimate of drug-likeness (QED) is 0.658. The molecule has 4 N–H and O–H groups in total. The molecule has 0 bridgehead atoms. The number of nitrogens with two attached hydrogens (primary N) is 1. The van der Waals surface area contributed by atoms with Crippen LogP contribution < -0.4 is 11.1 Å². The van der Waals surface area contributed by atoms with Crippen LogP contribution in [0.15, 0.2) is 0 Å². The largest absolute Gasteiger partial charge is 0.481 e. The van der Waals surface area contributed by atoms with E-state index in [4.69, 9.17) is 10.8 Å². The van der Waals surface area contributed by atoms with Gasteiger partial charge in [0, 0.05) is 24.9 Å². The van der Waals surface area contributed by atoms with Crippen molar-refractivity contribution in [2.75, 3.05) is 6.54 Å². The average molecular weight is 270 g/mol. The molecular formula is C14H26N2O3. The predicted octanol–water partition coefficient (Wildman–Crippen LogP) is 1.37. The van der Waals surface area contributed by atoms with E-state index < -0.39 is 5.97 Å². The topological polar surface area (TPSA) is 92.4 Å². The van der Waals surface area contributed by atoms with Gasteiger partial charge >= 0.3 is 5.97 Å². The molecule has 0 radical (unpaired) electrons. The van der Waals surface area contributed by atoms with Gasteiger partial charge in [-0.2, -0.15) is 0 Å². The Balaban J connectivity index is 2.49. The van der Waals surface area contributed by atoms with Crippen molar-refractivity contribution in [2.24, 2.45) is 23.0 Å². The van der Waals surface area contributed by atoms with Gasteiger partial charge in [0.1, 0.15) is 0 Å². The van der Waals surface area contributed by atoms with Crippen LogP contribution in [0.5, 0.6) is 0 Å². The lowest BCUT2D eigenvalue weighted by atomic mass is 9.61. The summed E-state index contributed by atoms with van der Waals surface area (Å²) in [4.78, 5) is 22.6. The van der Waals surface area contributed by atoms with E-state index in [0.717, 1.165) is 12.8 Å². The summed E-state index contributed by atoms with van der Waals surface area (Å²) in [6, 6.07) is 0.158. The molecule has 1 aliphatic carbocycles. The van der Waals surface area contributed by atoms with Gasteiger partial charge < -0.3 is 16.2 Å². The highest BCUT2D eigenvalue weighted by Gasteiger charge is 2.44. The van der Waals surface area contributed by atoms with E-state index in [1.54, 1.807) is 0 Å². The van der Waals surface area contributed by atoms with E-state index in [1.165, 1.54) is 0 Å². The van der Waals surface area contributed by atoms with Crippen molar-refractivity contribution in [3.63, 3.8) is 0 Å². The summed E-state index contributed by atoms with van der Waals surface area (Å²) in [6.45, 7) is 6.73. The molecule has 5 heteroatoms. The third-order valence-electron chi connectivity index (χ3n) is 4.69. The van der Waals surface area contributed by atoms with Crippen LogP contribution in [-0.2, 0) is 9.59 Å². The van der Waals surface area contributed by atoms with Gasteiger partial charge in [0.2, 0.25) is 5.91 Å². The number of nitrogens with one attached hydrogen (secondary N) is 1. The zero-order valence-electron chi connectivity index (χ0n) is 12.1. The minimum absolute atomic E-state index is 0.0351. The third kappa shape index (κ3) is 3.93. The molecule has 3 atom stereocenters. The molecule has 0 aromatic rings. The van der Waals surface area contributed by atoms with Crippen LogP contribution in [0.4, 0.5) is 0 Å². The molecule has 0 aliphatic heterocycles. The first-order valence-electron chi connectivity index (χ1n) is 7.02. The molecule has 3 unspecified atom stereocenters. The SMILES string of the molecule is CC1C(N)CCC(C(=O)NCCCC(=O)O)C1(C)C. The summed E-state index contributed by atoms with van der Waals surface area (Å²) < 4.78 is 0. The summed E-state index contributed by atoms with van der Waals surface area (Å²) >= 11 is 0. The van der Waals surface area contributed by atoms with E-state index in [1.807, 2.05) is 0 Å². The fraction of sp³-hybridized carbons (Fsp3) is 0.857. The molecule has 0 saturated heterocycles. The zero-order valence-corrected chi connectivity index (χ0v) is 12.1. The van der Waals surface area contributed by atoms with Gasteiger partial charge in [0.15, 0.2) is 0 Å². The van der Waals surface area contributed by atoms with Crippen molar-refractivity contribution in [1.82, 2.24) is 5.32 Å². The minimum atomic E-state index is -0.827. The summed E-state index contributed by atoms with van der Waals surface area (Å²) in [7, 11) is 0. The number of carboxylic acid groups (broad SMARTS) is 1. The maximum absolute atomic E-state index is 12.2. The van der Waals surface area contributed by atoms with E-state index >= 15 is 0 Å². The maximum Gasteiger partial charge on any atom is 0.303 e. The third-order valence-corrected chi connectivity index (χ3v) is 4.69. The van der Waals surface area contributed by atoms with Gasteiger partial charge in [-0.1, -0.05) is 20.8 Å². The van der Waals surface area contributed by atoms with Gasteiger partial charge in [0.25, 0.3) is 0 Å². The second kappa shape index (κ2) is 6.37. The molecule has 1 aliphatic rings. The summed E-state index contributed by atoms with van der Waals surface area (Å²) in [5.41, 5.74) is 5.96. The van der Waals surface area contributed by atoms with Gasteiger partial charge in [0.05, 0.1) is 0 Å². The number of carbonyl (C=O) groups excluding carboxylic acids is 1. The normalized spacial score (nSPS) is 29.8. The molecule has 19 heavy (non-hydrogen) atoms. The Morgan fingerprint density at radius 1 is 1.37 bits per heavy atom. The first-order chi connectivity index (χ1) is 8.76. The molecule has 1 amide bonds. The number of hydrogen-bond donors (Lipinski definition) is 3.